The van der Waals surface area contributed by atoms with E-state index in [2.05, 4.69) is 25.1 Å². The van der Waals surface area contributed by atoms with Gasteiger partial charge in [0.2, 0.25) is 0 Å². The zero-order valence-electron chi connectivity index (χ0n) is 10.4. The summed E-state index contributed by atoms with van der Waals surface area (Å²) in [5.41, 5.74) is 0. The van der Waals surface area contributed by atoms with Gasteiger partial charge in [-0.3, -0.25) is 0 Å². The predicted octanol–water partition coefficient (Wildman–Crippen LogP) is 4.02. The van der Waals surface area contributed by atoms with Gasteiger partial charge in [0.15, 0.2) is 0 Å². The van der Waals surface area contributed by atoms with Crippen molar-refractivity contribution in [1.82, 2.24) is 0 Å². The van der Waals surface area contributed by atoms with Crippen LogP contribution in [-0.4, -0.2) is 24.6 Å². The van der Waals surface area contributed by atoms with Crippen LogP contribution in [0, 0.1) is 34.0 Å². The van der Waals surface area contributed by atoms with Gasteiger partial charge in [0.05, 0.1) is 18.2 Å². The van der Waals surface area contributed by atoms with E-state index >= 15 is 0 Å². The molecule has 1 unspecified atom stereocenters. The average Bonchev–Trinajstić information content (AvgIpc) is 2.35. The summed E-state index contributed by atoms with van der Waals surface area (Å²) in [4.78, 5) is 0. The molecule has 17 heavy (non-hydrogen) atoms. The van der Waals surface area contributed by atoms with Crippen molar-refractivity contribution in [3.8, 4) is 18.2 Å². The van der Waals surface area contributed by atoms with Crippen LogP contribution in [0.5, 0.6) is 0 Å². The molecule has 0 radical (unpaired) electrons. The van der Waals surface area contributed by atoms with Crippen LogP contribution in [0.3, 0.4) is 0 Å². The van der Waals surface area contributed by atoms with Gasteiger partial charge in [-0.15, -0.1) is 0 Å². The van der Waals surface area contributed by atoms with Crippen LogP contribution in [0.1, 0.15) is 32.6 Å². The molecule has 5 heteroatoms. The Kier molecular flexibility index (Phi) is 11.3. The first-order valence-corrected chi connectivity index (χ1v) is 10.0. The fourth-order valence-electron chi connectivity index (χ4n) is 1.58. The van der Waals surface area contributed by atoms with E-state index < -0.39 is 0 Å². The molecular weight excluding hydrogens is 248 g/mol. The second kappa shape index (κ2) is 11.8. The Balaban J connectivity index is 4.39. The topological polar surface area (TPSA) is 71.4 Å². The smallest absolute Gasteiger partial charge is 0.0625 e. The van der Waals surface area contributed by atoms with Gasteiger partial charge in [-0.25, -0.2) is 0 Å². The Morgan fingerprint density at radius 2 is 1.06 bits per heavy atom. The normalized spacial score (nSPS) is 11.5. The molecule has 0 saturated carbocycles. The first kappa shape index (κ1) is 16.3. The number of nitrogens with zero attached hydrogens (tertiary/aromatic N) is 3. The van der Waals surface area contributed by atoms with Gasteiger partial charge in [-0.1, -0.05) is 28.6 Å². The number of hydrogen-bond acceptors (Lipinski definition) is 3. The van der Waals surface area contributed by atoms with Crippen molar-refractivity contribution in [2.24, 2.45) is 0 Å². The lowest BCUT2D eigenvalue weighted by molar-refractivity contribution is 1.09. The molecule has 0 rings (SSSR count). The van der Waals surface area contributed by atoms with E-state index in [1.807, 2.05) is 0 Å². The molecule has 0 spiro atoms. The summed E-state index contributed by atoms with van der Waals surface area (Å²) in [6.07, 6.45) is 7.11. The van der Waals surface area contributed by atoms with Crippen LogP contribution in [0.4, 0.5) is 0 Å². The monoisotopic (exact) mass is 267 g/mol. The highest BCUT2D eigenvalue weighted by Crippen LogP contribution is 2.69. The Morgan fingerprint density at radius 1 is 0.706 bits per heavy atom. The molecule has 0 aromatic heterocycles. The van der Waals surface area contributed by atoms with Crippen LogP contribution in [0.15, 0.2) is 0 Å². The van der Waals surface area contributed by atoms with E-state index in [1.165, 1.54) is 6.16 Å². The molecule has 0 aliphatic heterocycles. The fourth-order valence-corrected chi connectivity index (χ4v) is 9.65. The van der Waals surface area contributed by atoms with E-state index in [0.717, 1.165) is 24.9 Å². The molecule has 3 nitrogen and oxygen atoms in total. The third kappa shape index (κ3) is 8.11. The minimum absolute atomic E-state index is 0.113. The standard InChI is InChI=1S/C12H19N3P2/c1-2-9-16(10-3-6-13)17(11-4-7-14)12-5-8-15/h2-5,9-12H2,1H3. The van der Waals surface area contributed by atoms with Gasteiger partial charge >= 0.3 is 0 Å². The predicted molar refractivity (Wildman–Crippen MR) is 74.3 cm³/mol. The number of hydrogen-bond donors (Lipinski definition) is 0. The highest BCUT2D eigenvalue weighted by atomic mass is 32.1. The molecule has 0 fully saturated rings. The number of nitriles is 3. The van der Waals surface area contributed by atoms with Gasteiger partial charge in [0.1, 0.15) is 0 Å². The highest BCUT2D eigenvalue weighted by Gasteiger charge is 2.18. The summed E-state index contributed by atoms with van der Waals surface area (Å²) in [6, 6.07) is 6.63. The van der Waals surface area contributed by atoms with E-state index in [-0.39, 0.29) is 15.2 Å². The van der Waals surface area contributed by atoms with Crippen molar-refractivity contribution >= 4 is 15.2 Å². The molecule has 92 valence electrons. The Hall–Kier alpha value is -0.670. The molecule has 0 saturated heterocycles. The number of rotatable bonds is 9. The van der Waals surface area contributed by atoms with Gasteiger partial charge in [-0.05, 0) is 24.6 Å². The van der Waals surface area contributed by atoms with Crippen molar-refractivity contribution in [2.45, 2.75) is 32.6 Å². The van der Waals surface area contributed by atoms with Gasteiger partial charge in [0, 0.05) is 19.3 Å². The summed E-state index contributed by atoms with van der Waals surface area (Å²) in [5.74, 6) is 0. The summed E-state index contributed by atoms with van der Waals surface area (Å²) < 4.78 is 0. The van der Waals surface area contributed by atoms with Crippen molar-refractivity contribution in [1.29, 1.82) is 15.8 Å². The van der Waals surface area contributed by atoms with Gasteiger partial charge in [0.25, 0.3) is 0 Å². The summed E-state index contributed by atoms with van der Waals surface area (Å²) in [6.45, 7) is 2.17. The van der Waals surface area contributed by atoms with Crippen molar-refractivity contribution < 1.29 is 0 Å². The lowest BCUT2D eigenvalue weighted by Crippen LogP contribution is -1.95. The van der Waals surface area contributed by atoms with Crippen molar-refractivity contribution in [3.05, 3.63) is 0 Å². The maximum atomic E-state index is 8.68. The van der Waals surface area contributed by atoms with E-state index in [1.54, 1.807) is 0 Å². The van der Waals surface area contributed by atoms with E-state index in [4.69, 9.17) is 15.8 Å². The van der Waals surface area contributed by atoms with Crippen LogP contribution in [0.2, 0.25) is 0 Å². The van der Waals surface area contributed by atoms with Crippen LogP contribution in [0.25, 0.3) is 0 Å². The molecular formula is C12H19N3P2. The maximum absolute atomic E-state index is 8.68. The molecule has 0 bridgehead atoms. The maximum Gasteiger partial charge on any atom is 0.0625 e. The van der Waals surface area contributed by atoms with E-state index in [0.29, 0.717) is 19.3 Å². The van der Waals surface area contributed by atoms with Crippen molar-refractivity contribution in [3.63, 3.8) is 0 Å². The second-order valence-corrected chi connectivity index (χ2v) is 10.8. The van der Waals surface area contributed by atoms with Gasteiger partial charge in [-0.2, -0.15) is 15.8 Å². The van der Waals surface area contributed by atoms with Crippen LogP contribution in [-0.2, 0) is 0 Å². The zero-order chi connectivity index (χ0) is 12.9. The third-order valence-corrected chi connectivity index (χ3v) is 11.1. The minimum atomic E-state index is -0.185. The molecule has 0 aromatic rings. The zero-order valence-corrected chi connectivity index (χ0v) is 12.2. The lowest BCUT2D eigenvalue weighted by Gasteiger charge is -2.26. The second-order valence-electron chi connectivity index (χ2n) is 3.63. The van der Waals surface area contributed by atoms with Crippen LogP contribution >= 0.6 is 15.2 Å². The minimum Gasteiger partial charge on any atom is -0.198 e. The summed E-state index contributed by atoms with van der Waals surface area (Å²) in [7, 11) is -0.298. The molecule has 0 aliphatic carbocycles. The van der Waals surface area contributed by atoms with Crippen molar-refractivity contribution in [2.75, 3.05) is 24.6 Å². The summed E-state index contributed by atoms with van der Waals surface area (Å²) in [5, 5.41) is 26.0. The quantitative estimate of drug-likeness (QED) is 0.592. The van der Waals surface area contributed by atoms with Gasteiger partial charge < -0.3 is 0 Å². The molecule has 0 aliphatic rings. The highest BCUT2D eigenvalue weighted by molar-refractivity contribution is 8.29. The molecule has 0 aromatic carbocycles. The SMILES string of the molecule is CCCP(CCC#N)P(CCC#N)CCC#N. The summed E-state index contributed by atoms with van der Waals surface area (Å²) >= 11 is 0. The van der Waals surface area contributed by atoms with E-state index in [9.17, 15) is 0 Å². The lowest BCUT2D eigenvalue weighted by atomic mass is 10.5. The Bertz CT molecular complexity index is 293. The Labute approximate surface area is 107 Å². The molecule has 1 atom stereocenters. The molecule has 0 heterocycles. The first-order chi connectivity index (χ1) is 8.29. The molecule has 0 amide bonds. The fraction of sp³-hybridized carbons (Fsp3) is 0.750. The Morgan fingerprint density at radius 3 is 1.35 bits per heavy atom. The first-order valence-electron chi connectivity index (χ1n) is 5.90. The molecule has 0 N–H and O–H groups in total. The largest absolute Gasteiger partial charge is 0.198 e. The van der Waals surface area contributed by atoms with Crippen LogP contribution < -0.4 is 0 Å². The average molecular weight is 267 g/mol. The third-order valence-electron chi connectivity index (χ3n) is 2.33.